The van der Waals surface area contributed by atoms with Gasteiger partial charge in [0.05, 0.1) is 0 Å². The molecule has 1 aliphatic heterocycles. The number of rotatable bonds is 3. The highest BCUT2D eigenvalue weighted by atomic mass is 15.3. The fourth-order valence-corrected chi connectivity index (χ4v) is 2.74. The molecule has 122 valence electrons. The highest BCUT2D eigenvalue weighted by Crippen LogP contribution is 2.19. The summed E-state index contributed by atoms with van der Waals surface area (Å²) in [5.41, 5.74) is 2.03. The minimum atomic E-state index is 0.832. The van der Waals surface area contributed by atoms with E-state index in [1.165, 1.54) is 0 Å². The summed E-state index contributed by atoms with van der Waals surface area (Å²) in [4.78, 5) is 24.3. The zero-order valence-corrected chi connectivity index (χ0v) is 14.2. The van der Waals surface area contributed by atoms with Gasteiger partial charge in [-0.3, -0.25) is 0 Å². The van der Waals surface area contributed by atoms with Crippen LogP contribution in [0.5, 0.6) is 0 Å². The van der Waals surface area contributed by atoms with Crippen LogP contribution in [0.2, 0.25) is 0 Å². The molecule has 23 heavy (non-hydrogen) atoms. The Morgan fingerprint density at radius 1 is 0.870 bits per heavy atom. The molecule has 2 aromatic heterocycles. The number of nitrogens with zero attached hydrogens (tertiary/aromatic N) is 7. The maximum atomic E-state index is 4.56. The van der Waals surface area contributed by atoms with Crippen molar-refractivity contribution < 1.29 is 0 Å². The first-order chi connectivity index (χ1) is 11.0. The molecule has 7 nitrogen and oxygen atoms in total. The van der Waals surface area contributed by atoms with Crippen molar-refractivity contribution in [1.82, 2.24) is 19.9 Å². The van der Waals surface area contributed by atoms with E-state index in [1.807, 2.05) is 45.0 Å². The summed E-state index contributed by atoms with van der Waals surface area (Å²) in [6.45, 7) is 7.62. The smallest absolute Gasteiger partial charge is 0.225 e. The van der Waals surface area contributed by atoms with Gasteiger partial charge in [-0.1, -0.05) is 0 Å². The third-order valence-corrected chi connectivity index (χ3v) is 3.95. The second-order valence-electron chi connectivity index (χ2n) is 6.05. The first-order valence-corrected chi connectivity index (χ1v) is 7.84. The van der Waals surface area contributed by atoms with Gasteiger partial charge < -0.3 is 14.7 Å². The van der Waals surface area contributed by atoms with Gasteiger partial charge in [0.2, 0.25) is 5.95 Å². The number of piperazine rings is 1. The molecule has 0 bridgehead atoms. The number of aromatic nitrogens is 4. The Balaban J connectivity index is 1.69. The Morgan fingerprint density at radius 3 is 2.09 bits per heavy atom. The first-order valence-electron chi connectivity index (χ1n) is 7.84. The van der Waals surface area contributed by atoms with Crippen LogP contribution in [0.3, 0.4) is 0 Å². The molecule has 3 rings (SSSR count). The molecule has 0 radical (unpaired) electrons. The minimum Gasteiger partial charge on any atom is -0.363 e. The zero-order chi connectivity index (χ0) is 16.4. The van der Waals surface area contributed by atoms with Crippen LogP contribution in [0.15, 0.2) is 18.5 Å². The van der Waals surface area contributed by atoms with Crippen LogP contribution >= 0.6 is 0 Å². The van der Waals surface area contributed by atoms with E-state index < -0.39 is 0 Å². The summed E-state index contributed by atoms with van der Waals surface area (Å²) >= 11 is 0. The molecule has 0 aromatic carbocycles. The van der Waals surface area contributed by atoms with Crippen LogP contribution in [0.4, 0.5) is 17.6 Å². The van der Waals surface area contributed by atoms with E-state index in [0.29, 0.717) is 0 Å². The monoisotopic (exact) mass is 313 g/mol. The molecular formula is C16H23N7. The summed E-state index contributed by atoms with van der Waals surface area (Å²) in [7, 11) is 3.98. The molecule has 2 aromatic rings. The number of anilines is 3. The van der Waals surface area contributed by atoms with Crippen molar-refractivity contribution in [3.63, 3.8) is 0 Å². The predicted octanol–water partition coefficient (Wildman–Crippen LogP) is 1.28. The maximum Gasteiger partial charge on any atom is 0.225 e. The molecule has 1 saturated heterocycles. The zero-order valence-electron chi connectivity index (χ0n) is 14.2. The minimum absolute atomic E-state index is 0.832. The lowest BCUT2D eigenvalue weighted by Crippen LogP contribution is -2.47. The number of aryl methyl sites for hydroxylation is 2. The van der Waals surface area contributed by atoms with Gasteiger partial charge in [-0.15, -0.1) is 0 Å². The van der Waals surface area contributed by atoms with Crippen LogP contribution in [0.1, 0.15) is 11.4 Å². The molecule has 1 fully saturated rings. The Hall–Kier alpha value is -2.44. The van der Waals surface area contributed by atoms with Crippen molar-refractivity contribution >= 4 is 17.6 Å². The summed E-state index contributed by atoms with van der Waals surface area (Å²) < 4.78 is 0. The van der Waals surface area contributed by atoms with Crippen molar-refractivity contribution in [1.29, 1.82) is 0 Å². The topological polar surface area (TPSA) is 61.3 Å². The second-order valence-corrected chi connectivity index (χ2v) is 6.05. The van der Waals surface area contributed by atoms with Crippen LogP contribution in [-0.4, -0.2) is 60.2 Å². The molecule has 7 heteroatoms. The summed E-state index contributed by atoms with van der Waals surface area (Å²) in [5.74, 6) is 2.73. The first kappa shape index (κ1) is 15.5. The van der Waals surface area contributed by atoms with E-state index in [-0.39, 0.29) is 0 Å². The number of hydrogen-bond acceptors (Lipinski definition) is 7. The maximum absolute atomic E-state index is 4.56. The second kappa shape index (κ2) is 6.36. The van der Waals surface area contributed by atoms with Gasteiger partial charge in [-0.05, 0) is 19.9 Å². The Kier molecular flexibility index (Phi) is 4.27. The van der Waals surface area contributed by atoms with Gasteiger partial charge in [-0.2, -0.15) is 0 Å². The highest BCUT2D eigenvalue weighted by Gasteiger charge is 2.20. The van der Waals surface area contributed by atoms with E-state index in [0.717, 1.165) is 55.2 Å². The molecule has 1 aliphatic rings. The standard InChI is InChI=1S/C16H23N7/c1-12-9-13(2)20-16(19-12)23-7-5-22(6-8-23)15-10-14(21(3)4)17-11-18-15/h9-11H,5-8H2,1-4H3. The lowest BCUT2D eigenvalue weighted by atomic mass is 10.3. The lowest BCUT2D eigenvalue weighted by Gasteiger charge is -2.35. The highest BCUT2D eigenvalue weighted by molar-refractivity contribution is 5.50. The average molecular weight is 313 g/mol. The van der Waals surface area contributed by atoms with E-state index in [2.05, 4.69) is 29.7 Å². The predicted molar refractivity (Wildman–Crippen MR) is 92.3 cm³/mol. The largest absolute Gasteiger partial charge is 0.363 e. The Morgan fingerprint density at radius 2 is 1.48 bits per heavy atom. The molecule has 3 heterocycles. The van der Waals surface area contributed by atoms with E-state index >= 15 is 0 Å². The van der Waals surface area contributed by atoms with Crippen molar-refractivity contribution in [2.24, 2.45) is 0 Å². The summed E-state index contributed by atoms with van der Waals surface area (Å²) in [6, 6.07) is 4.03. The Labute approximate surface area is 137 Å². The van der Waals surface area contributed by atoms with Gasteiger partial charge in [-0.25, -0.2) is 19.9 Å². The lowest BCUT2D eigenvalue weighted by molar-refractivity contribution is 0.632. The quantitative estimate of drug-likeness (QED) is 0.846. The molecular weight excluding hydrogens is 290 g/mol. The SMILES string of the molecule is Cc1cc(C)nc(N2CCN(c3cc(N(C)C)ncn3)CC2)n1. The van der Waals surface area contributed by atoms with Gasteiger partial charge in [0.1, 0.15) is 18.0 Å². The molecule has 0 unspecified atom stereocenters. The van der Waals surface area contributed by atoms with Gasteiger partial charge in [0.25, 0.3) is 0 Å². The van der Waals surface area contributed by atoms with E-state index in [4.69, 9.17) is 0 Å². The van der Waals surface area contributed by atoms with Gasteiger partial charge in [0.15, 0.2) is 0 Å². The van der Waals surface area contributed by atoms with E-state index in [9.17, 15) is 0 Å². The Bertz CT molecular complexity index is 658. The average Bonchev–Trinajstić information content (AvgIpc) is 2.54. The third kappa shape index (κ3) is 3.49. The molecule has 0 amide bonds. The van der Waals surface area contributed by atoms with Crippen molar-refractivity contribution in [3.8, 4) is 0 Å². The van der Waals surface area contributed by atoms with Crippen molar-refractivity contribution in [2.75, 3.05) is 55.0 Å². The number of hydrogen-bond donors (Lipinski definition) is 0. The summed E-state index contributed by atoms with van der Waals surface area (Å²) in [5, 5.41) is 0. The fraction of sp³-hybridized carbons (Fsp3) is 0.500. The van der Waals surface area contributed by atoms with Crippen molar-refractivity contribution in [2.45, 2.75) is 13.8 Å². The van der Waals surface area contributed by atoms with Crippen LogP contribution in [0, 0.1) is 13.8 Å². The fourth-order valence-electron chi connectivity index (χ4n) is 2.74. The van der Waals surface area contributed by atoms with Crippen LogP contribution in [-0.2, 0) is 0 Å². The summed E-state index contributed by atoms with van der Waals surface area (Å²) in [6.07, 6.45) is 1.63. The van der Waals surface area contributed by atoms with Crippen LogP contribution in [0.25, 0.3) is 0 Å². The molecule has 0 saturated carbocycles. The molecule has 0 atom stereocenters. The molecule has 0 spiro atoms. The third-order valence-electron chi connectivity index (χ3n) is 3.95. The molecule has 0 N–H and O–H groups in total. The normalized spacial score (nSPS) is 15.0. The molecule has 0 aliphatic carbocycles. The van der Waals surface area contributed by atoms with Crippen molar-refractivity contribution in [3.05, 3.63) is 29.8 Å². The van der Waals surface area contributed by atoms with Gasteiger partial charge >= 0.3 is 0 Å². The van der Waals surface area contributed by atoms with E-state index in [1.54, 1.807) is 6.33 Å². The van der Waals surface area contributed by atoms with Gasteiger partial charge in [0, 0.05) is 57.7 Å². The van der Waals surface area contributed by atoms with Crippen LogP contribution < -0.4 is 14.7 Å².